The molecule has 0 unspecified atom stereocenters. The third-order valence-electron chi connectivity index (χ3n) is 5.36. The second-order valence-corrected chi connectivity index (χ2v) is 9.59. The first-order valence-electron chi connectivity index (χ1n) is 10.9. The molecule has 0 saturated carbocycles. The number of rotatable bonds is 14. The highest BCUT2D eigenvalue weighted by atomic mass is 32.2. The van der Waals surface area contributed by atoms with Crippen LogP contribution in [0.5, 0.6) is 0 Å². The first-order valence-corrected chi connectivity index (χ1v) is 13.2. The van der Waals surface area contributed by atoms with E-state index in [9.17, 15) is 9.59 Å². The Morgan fingerprint density at radius 3 is 1.45 bits per heavy atom. The minimum Gasteiger partial charge on any atom is -0.354 e. The van der Waals surface area contributed by atoms with E-state index in [0.29, 0.717) is 25.9 Å². The standard InChI is InChI=1S/C25H34N2O2S2/c1-3-25(4-2,23(28)26-15-17-30-19-21-11-7-5-8-12-21)24(29)27-16-18-31-20-22-13-9-6-10-14-22/h5-14H,3-4,15-20H2,1-2H3,(H,26,28)(H,27,29). The molecule has 0 atom stereocenters. The molecule has 0 aliphatic carbocycles. The summed E-state index contributed by atoms with van der Waals surface area (Å²) in [6.45, 7) is 4.96. The van der Waals surface area contributed by atoms with Gasteiger partial charge in [-0.05, 0) is 24.0 Å². The Kier molecular flexibility index (Phi) is 11.6. The van der Waals surface area contributed by atoms with Gasteiger partial charge in [0.15, 0.2) is 0 Å². The SMILES string of the molecule is CCC(CC)(C(=O)NCCSCc1ccccc1)C(=O)NCCSCc1ccccc1. The van der Waals surface area contributed by atoms with Crippen molar-refractivity contribution in [2.45, 2.75) is 38.2 Å². The van der Waals surface area contributed by atoms with Gasteiger partial charge in [0.05, 0.1) is 0 Å². The van der Waals surface area contributed by atoms with Gasteiger partial charge in [-0.2, -0.15) is 23.5 Å². The molecule has 0 aliphatic rings. The molecule has 0 saturated heterocycles. The summed E-state index contributed by atoms with van der Waals surface area (Å²) < 4.78 is 0. The maximum Gasteiger partial charge on any atom is 0.235 e. The molecule has 0 aliphatic heterocycles. The smallest absolute Gasteiger partial charge is 0.235 e. The Morgan fingerprint density at radius 1 is 0.710 bits per heavy atom. The van der Waals surface area contributed by atoms with Gasteiger partial charge >= 0.3 is 0 Å². The molecular formula is C25H34N2O2S2. The van der Waals surface area contributed by atoms with E-state index in [-0.39, 0.29) is 11.8 Å². The van der Waals surface area contributed by atoms with Crippen LogP contribution in [0, 0.1) is 5.41 Å². The molecule has 0 radical (unpaired) electrons. The first kappa shape index (κ1) is 25.3. The monoisotopic (exact) mass is 458 g/mol. The Hall–Kier alpha value is -1.92. The highest BCUT2D eigenvalue weighted by Crippen LogP contribution is 2.27. The molecular weight excluding hydrogens is 424 g/mol. The molecule has 2 amide bonds. The molecule has 4 nitrogen and oxygen atoms in total. The maximum atomic E-state index is 12.9. The van der Waals surface area contributed by atoms with Gasteiger partial charge in [-0.25, -0.2) is 0 Å². The summed E-state index contributed by atoms with van der Waals surface area (Å²) in [6.07, 6.45) is 0.991. The Bertz CT molecular complexity index is 717. The number of benzene rings is 2. The zero-order valence-corrected chi connectivity index (χ0v) is 20.2. The van der Waals surface area contributed by atoms with Gasteiger partial charge in [0.2, 0.25) is 11.8 Å². The van der Waals surface area contributed by atoms with E-state index in [4.69, 9.17) is 0 Å². The fraction of sp³-hybridized carbons (Fsp3) is 0.440. The minimum atomic E-state index is -0.992. The van der Waals surface area contributed by atoms with E-state index >= 15 is 0 Å². The van der Waals surface area contributed by atoms with Gasteiger partial charge in [-0.1, -0.05) is 74.5 Å². The van der Waals surface area contributed by atoms with Crippen LogP contribution in [0.1, 0.15) is 37.8 Å². The molecule has 0 heterocycles. The lowest BCUT2D eigenvalue weighted by Crippen LogP contribution is -2.51. The van der Waals surface area contributed by atoms with Crippen LogP contribution in [0.4, 0.5) is 0 Å². The summed E-state index contributed by atoms with van der Waals surface area (Å²) >= 11 is 3.56. The maximum absolute atomic E-state index is 12.9. The van der Waals surface area contributed by atoms with E-state index in [1.54, 1.807) is 23.5 Å². The summed E-state index contributed by atoms with van der Waals surface area (Å²) in [5.41, 5.74) is 1.56. The normalized spacial score (nSPS) is 11.2. The molecule has 6 heteroatoms. The van der Waals surface area contributed by atoms with Crippen molar-refractivity contribution in [2.24, 2.45) is 5.41 Å². The third kappa shape index (κ3) is 8.26. The zero-order valence-electron chi connectivity index (χ0n) is 18.6. The third-order valence-corrected chi connectivity index (χ3v) is 7.42. The van der Waals surface area contributed by atoms with Crippen LogP contribution in [0.15, 0.2) is 60.7 Å². The number of amides is 2. The highest BCUT2D eigenvalue weighted by molar-refractivity contribution is 7.98. The number of nitrogens with one attached hydrogen (secondary N) is 2. The number of carbonyl (C=O) groups excluding carboxylic acids is 2. The molecule has 2 rings (SSSR count). The summed E-state index contributed by atoms with van der Waals surface area (Å²) in [7, 11) is 0. The van der Waals surface area contributed by atoms with Crippen molar-refractivity contribution in [3.63, 3.8) is 0 Å². The number of hydrogen-bond donors (Lipinski definition) is 2. The quantitative estimate of drug-likeness (QED) is 0.313. The van der Waals surface area contributed by atoms with Crippen molar-refractivity contribution < 1.29 is 9.59 Å². The fourth-order valence-electron chi connectivity index (χ4n) is 3.34. The fourth-order valence-corrected chi connectivity index (χ4v) is 4.97. The van der Waals surface area contributed by atoms with Crippen LogP contribution in [0.3, 0.4) is 0 Å². The lowest BCUT2D eigenvalue weighted by atomic mass is 9.80. The van der Waals surface area contributed by atoms with Gasteiger partial charge < -0.3 is 10.6 Å². The van der Waals surface area contributed by atoms with Crippen LogP contribution >= 0.6 is 23.5 Å². The van der Waals surface area contributed by atoms with Gasteiger partial charge in [-0.15, -0.1) is 0 Å². The molecule has 2 aromatic carbocycles. The van der Waals surface area contributed by atoms with Crippen molar-refractivity contribution in [1.82, 2.24) is 10.6 Å². The lowest BCUT2D eigenvalue weighted by molar-refractivity contribution is -0.144. The minimum absolute atomic E-state index is 0.160. The molecule has 0 bridgehead atoms. The van der Waals surface area contributed by atoms with Crippen molar-refractivity contribution in [2.75, 3.05) is 24.6 Å². The summed E-state index contributed by atoms with van der Waals surface area (Å²) in [4.78, 5) is 25.8. The van der Waals surface area contributed by atoms with Gasteiger partial charge in [0.25, 0.3) is 0 Å². The predicted octanol–water partition coefficient (Wildman–Crippen LogP) is 4.89. The first-order chi connectivity index (χ1) is 15.1. The average molecular weight is 459 g/mol. The molecule has 2 aromatic rings. The van der Waals surface area contributed by atoms with Crippen LogP contribution in [0.25, 0.3) is 0 Å². The van der Waals surface area contributed by atoms with Crippen molar-refractivity contribution in [1.29, 1.82) is 0 Å². The van der Waals surface area contributed by atoms with Crippen molar-refractivity contribution in [3.8, 4) is 0 Å². The Morgan fingerprint density at radius 2 is 1.10 bits per heavy atom. The largest absolute Gasteiger partial charge is 0.354 e. The van der Waals surface area contributed by atoms with Crippen molar-refractivity contribution >= 4 is 35.3 Å². The molecule has 0 spiro atoms. The van der Waals surface area contributed by atoms with Crippen LogP contribution in [-0.4, -0.2) is 36.4 Å². The number of hydrogen-bond acceptors (Lipinski definition) is 4. The molecule has 0 fully saturated rings. The van der Waals surface area contributed by atoms with Gasteiger partial charge in [0.1, 0.15) is 5.41 Å². The Labute approximate surface area is 195 Å². The zero-order chi connectivity index (χ0) is 22.4. The molecule has 31 heavy (non-hydrogen) atoms. The molecule has 168 valence electrons. The topological polar surface area (TPSA) is 58.2 Å². The molecule has 0 aromatic heterocycles. The highest BCUT2D eigenvalue weighted by Gasteiger charge is 2.42. The van der Waals surface area contributed by atoms with E-state index in [1.807, 2.05) is 50.2 Å². The summed E-state index contributed by atoms with van der Waals surface area (Å²) in [5, 5.41) is 5.98. The second kappa shape index (κ2) is 14.2. The van der Waals surface area contributed by atoms with E-state index in [1.165, 1.54) is 11.1 Å². The van der Waals surface area contributed by atoms with E-state index in [0.717, 1.165) is 23.0 Å². The van der Waals surface area contributed by atoms with E-state index in [2.05, 4.69) is 34.9 Å². The van der Waals surface area contributed by atoms with Crippen molar-refractivity contribution in [3.05, 3.63) is 71.8 Å². The molecule has 2 N–H and O–H groups in total. The predicted molar refractivity (Wildman–Crippen MR) is 134 cm³/mol. The number of thioether (sulfide) groups is 2. The van der Waals surface area contributed by atoms with Gasteiger partial charge in [-0.3, -0.25) is 9.59 Å². The van der Waals surface area contributed by atoms with Crippen LogP contribution < -0.4 is 10.6 Å². The summed E-state index contributed by atoms with van der Waals surface area (Å²) in [5.74, 6) is 3.17. The number of carbonyl (C=O) groups is 2. The summed E-state index contributed by atoms with van der Waals surface area (Å²) in [6, 6.07) is 20.6. The van der Waals surface area contributed by atoms with Crippen LogP contribution in [-0.2, 0) is 21.1 Å². The second-order valence-electron chi connectivity index (χ2n) is 7.38. The van der Waals surface area contributed by atoms with E-state index < -0.39 is 5.41 Å². The van der Waals surface area contributed by atoms with Gasteiger partial charge in [0, 0.05) is 36.1 Å². The van der Waals surface area contributed by atoms with Crippen LogP contribution in [0.2, 0.25) is 0 Å². The average Bonchev–Trinajstić information content (AvgIpc) is 2.81. The lowest BCUT2D eigenvalue weighted by Gasteiger charge is -2.29. The Balaban J connectivity index is 1.71.